The summed E-state index contributed by atoms with van der Waals surface area (Å²) in [6.07, 6.45) is -9.80. The maximum absolute atomic E-state index is 13.8. The van der Waals surface area contributed by atoms with Crippen LogP contribution in [0.2, 0.25) is 0 Å². The smallest absolute Gasteiger partial charge is 0.342 e. The second kappa shape index (κ2) is 11.2. The summed E-state index contributed by atoms with van der Waals surface area (Å²) in [6.45, 7) is 6.97. The van der Waals surface area contributed by atoms with E-state index in [1.807, 2.05) is 0 Å². The van der Waals surface area contributed by atoms with E-state index in [-0.39, 0.29) is 43.0 Å². The van der Waals surface area contributed by atoms with Gasteiger partial charge in [0.1, 0.15) is 5.82 Å². The van der Waals surface area contributed by atoms with Crippen LogP contribution in [0.1, 0.15) is 67.0 Å². The number of amides is 2. The predicted molar refractivity (Wildman–Crippen MR) is 131 cm³/mol. The van der Waals surface area contributed by atoms with Crippen LogP contribution >= 0.6 is 0 Å². The Labute approximate surface area is 222 Å². The van der Waals surface area contributed by atoms with Gasteiger partial charge < -0.3 is 9.80 Å². The summed E-state index contributed by atoms with van der Waals surface area (Å²) in [7, 11) is 1.33. The van der Waals surface area contributed by atoms with E-state index in [1.165, 1.54) is 26.1 Å². The molecular weight excluding hydrogens is 529 g/mol. The van der Waals surface area contributed by atoms with Gasteiger partial charge in [-0.1, -0.05) is 19.9 Å². The highest BCUT2D eigenvalue weighted by atomic mass is 19.4. The van der Waals surface area contributed by atoms with Crippen LogP contribution in [-0.2, 0) is 21.9 Å². The molecule has 0 unspecified atom stereocenters. The van der Waals surface area contributed by atoms with E-state index in [2.05, 4.69) is 0 Å². The first kappa shape index (κ1) is 30.4. The molecule has 1 heterocycles. The van der Waals surface area contributed by atoms with Gasteiger partial charge >= 0.3 is 12.4 Å². The average molecular weight is 561 g/mol. The van der Waals surface area contributed by atoms with Crippen LogP contribution in [0.25, 0.3) is 0 Å². The van der Waals surface area contributed by atoms with Crippen molar-refractivity contribution in [2.45, 2.75) is 58.4 Å². The van der Waals surface area contributed by atoms with Crippen molar-refractivity contribution in [3.8, 4) is 0 Å². The van der Waals surface area contributed by atoms with E-state index >= 15 is 0 Å². The first-order chi connectivity index (χ1) is 17.9. The number of alkyl halides is 6. The quantitative estimate of drug-likeness (QED) is 0.371. The van der Waals surface area contributed by atoms with Gasteiger partial charge in [-0.05, 0) is 67.3 Å². The first-order valence-corrected chi connectivity index (χ1v) is 12.5. The molecule has 3 rings (SSSR count). The lowest BCUT2D eigenvalue weighted by atomic mass is 9.78. The Hall–Kier alpha value is -3.11. The lowest BCUT2D eigenvalue weighted by molar-refractivity contribution is -0.144. The van der Waals surface area contributed by atoms with E-state index in [4.69, 9.17) is 0 Å². The van der Waals surface area contributed by atoms with Crippen molar-refractivity contribution < 1.29 is 40.3 Å². The molecule has 1 aliphatic heterocycles. The molecule has 1 aliphatic rings. The molecule has 0 saturated carbocycles. The molecule has 214 valence electrons. The Morgan fingerprint density at radius 3 is 2.00 bits per heavy atom. The second-order valence-electron chi connectivity index (χ2n) is 10.4. The van der Waals surface area contributed by atoms with Crippen LogP contribution in [0.15, 0.2) is 36.4 Å². The second-order valence-corrected chi connectivity index (χ2v) is 10.4. The number of halogens is 7. The molecule has 39 heavy (non-hydrogen) atoms. The van der Waals surface area contributed by atoms with Gasteiger partial charge in [0.05, 0.1) is 17.2 Å². The number of carbonyl (C=O) groups excluding carboxylic acids is 2. The zero-order valence-corrected chi connectivity index (χ0v) is 22.3. The molecule has 1 fully saturated rings. The predicted octanol–water partition coefficient (Wildman–Crippen LogP) is 6.98. The Morgan fingerprint density at radius 1 is 0.949 bits per heavy atom. The largest absolute Gasteiger partial charge is 0.416 e. The molecule has 2 aromatic carbocycles. The number of benzene rings is 2. The Morgan fingerprint density at radius 2 is 1.51 bits per heavy atom. The number of nitrogens with zero attached hydrogens (tertiary/aromatic N) is 2. The van der Waals surface area contributed by atoms with Crippen LogP contribution in [-0.4, -0.2) is 41.8 Å². The van der Waals surface area contributed by atoms with Crippen molar-refractivity contribution in [3.05, 3.63) is 70.0 Å². The molecule has 4 nitrogen and oxygen atoms in total. The monoisotopic (exact) mass is 560 g/mol. The van der Waals surface area contributed by atoms with Gasteiger partial charge in [-0.3, -0.25) is 9.59 Å². The maximum atomic E-state index is 13.8. The zero-order chi connectivity index (χ0) is 29.4. The zero-order valence-electron chi connectivity index (χ0n) is 22.3. The number of aryl methyl sites for hydroxylation is 1. The number of carbonyl (C=O) groups is 2. The summed E-state index contributed by atoms with van der Waals surface area (Å²) in [5.41, 5.74) is -2.01. The van der Waals surface area contributed by atoms with E-state index in [0.717, 1.165) is 4.90 Å². The topological polar surface area (TPSA) is 40.6 Å². The van der Waals surface area contributed by atoms with Gasteiger partial charge in [-0.25, -0.2) is 4.39 Å². The van der Waals surface area contributed by atoms with Crippen LogP contribution in [0.5, 0.6) is 0 Å². The van der Waals surface area contributed by atoms with E-state index < -0.39 is 53.1 Å². The fourth-order valence-corrected chi connectivity index (χ4v) is 5.08. The molecule has 0 spiro atoms. The summed E-state index contributed by atoms with van der Waals surface area (Å²) in [5, 5.41) is 0. The van der Waals surface area contributed by atoms with Crippen molar-refractivity contribution >= 4 is 11.8 Å². The van der Waals surface area contributed by atoms with Gasteiger partial charge in [-0.2, -0.15) is 26.3 Å². The minimum absolute atomic E-state index is 0.0485. The first-order valence-electron chi connectivity index (χ1n) is 12.5. The molecular formula is C28H31F7N2O2. The van der Waals surface area contributed by atoms with E-state index in [0.29, 0.717) is 23.3 Å². The lowest BCUT2D eigenvalue weighted by Gasteiger charge is -2.41. The van der Waals surface area contributed by atoms with Crippen molar-refractivity contribution in [1.29, 1.82) is 0 Å². The third kappa shape index (κ3) is 6.73. The van der Waals surface area contributed by atoms with Crippen LogP contribution in [0.4, 0.5) is 30.7 Å². The van der Waals surface area contributed by atoms with Crippen molar-refractivity contribution in [2.75, 3.05) is 20.1 Å². The molecule has 0 radical (unpaired) electrons. The molecule has 1 saturated heterocycles. The molecule has 0 N–H and O–H groups in total. The number of rotatable bonds is 5. The fraction of sp³-hybridized carbons (Fsp3) is 0.500. The lowest BCUT2D eigenvalue weighted by Crippen LogP contribution is -2.49. The van der Waals surface area contributed by atoms with E-state index in [9.17, 15) is 40.3 Å². The minimum Gasteiger partial charge on any atom is -0.342 e. The highest BCUT2D eigenvalue weighted by Crippen LogP contribution is 2.40. The molecule has 0 bridgehead atoms. The standard InChI is InChI=1S/C28H31F7N2O2/c1-15(2)25(38)37-9-8-23(24(14-37)22-7-6-21(29)10-16(22)3)26(39)36(5)17(4)18-11-19(27(30,31)32)13-20(12-18)28(33,34)35/h6-7,10-13,15,17,23-24H,8-9,14H2,1-5H3/t17-,23+,24-/m1/s1. The van der Waals surface area contributed by atoms with Crippen LogP contribution in [0.3, 0.4) is 0 Å². The summed E-state index contributed by atoms with van der Waals surface area (Å²) in [6, 6.07) is 4.28. The molecule has 3 atom stereocenters. The highest BCUT2D eigenvalue weighted by molar-refractivity contribution is 5.82. The summed E-state index contributed by atoms with van der Waals surface area (Å²) in [5.74, 6) is -2.64. The third-order valence-electron chi connectivity index (χ3n) is 7.39. The van der Waals surface area contributed by atoms with Gasteiger partial charge in [0, 0.05) is 37.9 Å². The molecule has 0 aliphatic carbocycles. The SMILES string of the molecule is Cc1cc(F)ccc1[C@H]1CN(C(=O)C(C)C)CC[C@@H]1C(=O)N(C)[C@H](C)c1cc(C(F)(F)F)cc(C(F)(F)F)c1. The molecule has 11 heteroatoms. The van der Waals surface area contributed by atoms with Crippen molar-refractivity contribution in [2.24, 2.45) is 11.8 Å². The number of piperidine rings is 1. The average Bonchev–Trinajstić information content (AvgIpc) is 2.85. The fourth-order valence-electron chi connectivity index (χ4n) is 5.08. The normalized spacial score (nSPS) is 19.3. The Bertz CT molecular complexity index is 1190. The number of hydrogen-bond acceptors (Lipinski definition) is 2. The summed E-state index contributed by atoms with van der Waals surface area (Å²) in [4.78, 5) is 29.3. The van der Waals surface area contributed by atoms with Crippen LogP contribution in [0, 0.1) is 24.6 Å². The number of hydrogen-bond donors (Lipinski definition) is 0. The Balaban J connectivity index is 1.99. The molecule has 2 aromatic rings. The van der Waals surface area contributed by atoms with Crippen molar-refractivity contribution in [3.63, 3.8) is 0 Å². The maximum Gasteiger partial charge on any atom is 0.416 e. The third-order valence-corrected chi connectivity index (χ3v) is 7.39. The minimum atomic E-state index is -5.01. The van der Waals surface area contributed by atoms with Gasteiger partial charge in [0.15, 0.2) is 0 Å². The highest BCUT2D eigenvalue weighted by Gasteiger charge is 2.41. The summed E-state index contributed by atoms with van der Waals surface area (Å²) >= 11 is 0. The summed E-state index contributed by atoms with van der Waals surface area (Å²) < 4.78 is 94.3. The molecule has 2 amide bonds. The molecule has 0 aromatic heterocycles. The Kier molecular flexibility index (Phi) is 8.72. The van der Waals surface area contributed by atoms with E-state index in [1.54, 1.807) is 31.7 Å². The number of likely N-dealkylation sites (tertiary alicyclic amines) is 1. The van der Waals surface area contributed by atoms with Gasteiger partial charge in [0.25, 0.3) is 0 Å². The van der Waals surface area contributed by atoms with Gasteiger partial charge in [-0.15, -0.1) is 0 Å². The van der Waals surface area contributed by atoms with Crippen molar-refractivity contribution in [1.82, 2.24) is 9.80 Å². The van der Waals surface area contributed by atoms with Crippen LogP contribution < -0.4 is 0 Å². The van der Waals surface area contributed by atoms with Gasteiger partial charge in [0.2, 0.25) is 11.8 Å².